The Bertz CT molecular complexity index is 927. The zero-order chi connectivity index (χ0) is 20.4. The fourth-order valence-electron chi connectivity index (χ4n) is 4.10. The lowest BCUT2D eigenvalue weighted by Crippen LogP contribution is -2.34. The number of esters is 1. The van der Waals surface area contributed by atoms with Crippen LogP contribution >= 0.6 is 0 Å². The van der Waals surface area contributed by atoms with Gasteiger partial charge in [0, 0.05) is 25.2 Å². The molecule has 2 aromatic carbocycles. The van der Waals surface area contributed by atoms with Gasteiger partial charge in [-0.3, -0.25) is 14.4 Å². The van der Waals surface area contributed by atoms with Crippen molar-refractivity contribution in [3.8, 4) is 0 Å². The van der Waals surface area contributed by atoms with Gasteiger partial charge in [-0.25, -0.2) is 0 Å². The van der Waals surface area contributed by atoms with Crippen molar-refractivity contribution in [1.82, 2.24) is 4.90 Å². The van der Waals surface area contributed by atoms with Gasteiger partial charge >= 0.3 is 5.97 Å². The number of ether oxygens (including phenoxy) is 1. The summed E-state index contributed by atoms with van der Waals surface area (Å²) in [5.41, 5.74) is 3.03. The Kier molecular flexibility index (Phi) is 5.34. The third kappa shape index (κ3) is 3.88. The molecule has 0 N–H and O–H groups in total. The molecule has 0 unspecified atom stereocenters. The second-order valence-electron chi connectivity index (χ2n) is 7.57. The third-order valence-corrected chi connectivity index (χ3v) is 5.77. The molecule has 0 spiro atoms. The van der Waals surface area contributed by atoms with Gasteiger partial charge in [0.15, 0.2) is 6.61 Å². The molecule has 150 valence electrons. The molecule has 0 bridgehead atoms. The van der Waals surface area contributed by atoms with E-state index in [-0.39, 0.29) is 30.9 Å². The van der Waals surface area contributed by atoms with Crippen molar-refractivity contribution in [3.63, 3.8) is 0 Å². The SMILES string of the molecule is C[C@@H](c1ccccc1)N1C[C@@H](C(=O)OCC(=O)N2CCc3ccccc32)CC1=O. The standard InChI is InChI=1S/C23H24N2O4/c1-16(17-7-3-2-4-8-17)25-14-19(13-21(25)26)23(28)29-15-22(27)24-12-11-18-9-5-6-10-20(18)24/h2-10,16,19H,11-15H2,1H3/t16-,19-/m0/s1. The predicted molar refractivity (Wildman–Crippen MR) is 108 cm³/mol. The highest BCUT2D eigenvalue weighted by Crippen LogP contribution is 2.30. The van der Waals surface area contributed by atoms with Crippen LogP contribution in [0.15, 0.2) is 54.6 Å². The molecule has 0 aliphatic carbocycles. The van der Waals surface area contributed by atoms with E-state index in [1.807, 2.05) is 61.5 Å². The average molecular weight is 392 g/mol. The van der Waals surface area contributed by atoms with Crippen molar-refractivity contribution in [3.05, 3.63) is 65.7 Å². The van der Waals surface area contributed by atoms with Gasteiger partial charge in [-0.15, -0.1) is 0 Å². The number of likely N-dealkylation sites (tertiary alicyclic amines) is 1. The molecule has 2 aromatic rings. The first-order valence-corrected chi connectivity index (χ1v) is 9.94. The number of hydrogen-bond acceptors (Lipinski definition) is 4. The largest absolute Gasteiger partial charge is 0.455 e. The Labute approximate surface area is 170 Å². The fraction of sp³-hybridized carbons (Fsp3) is 0.348. The van der Waals surface area contributed by atoms with E-state index >= 15 is 0 Å². The molecule has 6 nitrogen and oxygen atoms in total. The highest BCUT2D eigenvalue weighted by Gasteiger charge is 2.38. The summed E-state index contributed by atoms with van der Waals surface area (Å²) in [6.45, 7) is 2.57. The summed E-state index contributed by atoms with van der Waals surface area (Å²) in [5, 5.41) is 0. The summed E-state index contributed by atoms with van der Waals surface area (Å²) in [6, 6.07) is 17.4. The van der Waals surface area contributed by atoms with E-state index in [1.54, 1.807) is 9.80 Å². The normalized spacial score (nSPS) is 19.2. The third-order valence-electron chi connectivity index (χ3n) is 5.77. The maximum atomic E-state index is 12.5. The first kappa shape index (κ1) is 19.2. The molecule has 2 atom stereocenters. The van der Waals surface area contributed by atoms with Crippen molar-refractivity contribution >= 4 is 23.5 Å². The van der Waals surface area contributed by atoms with Crippen LogP contribution in [0, 0.1) is 5.92 Å². The average Bonchev–Trinajstić information content (AvgIpc) is 3.35. The molecular weight excluding hydrogens is 368 g/mol. The molecule has 1 fully saturated rings. The number of carbonyl (C=O) groups is 3. The molecule has 2 heterocycles. The van der Waals surface area contributed by atoms with E-state index in [1.165, 1.54) is 0 Å². The molecule has 0 aromatic heterocycles. The van der Waals surface area contributed by atoms with Gasteiger partial charge in [0.2, 0.25) is 5.91 Å². The van der Waals surface area contributed by atoms with E-state index in [0.29, 0.717) is 13.1 Å². The molecule has 4 rings (SSSR count). The van der Waals surface area contributed by atoms with Crippen LogP contribution in [0.4, 0.5) is 5.69 Å². The lowest BCUT2D eigenvalue weighted by molar-refractivity contribution is -0.151. The van der Waals surface area contributed by atoms with Gasteiger partial charge in [-0.05, 0) is 30.5 Å². The van der Waals surface area contributed by atoms with E-state index in [2.05, 4.69) is 0 Å². The first-order chi connectivity index (χ1) is 14.0. The summed E-state index contributed by atoms with van der Waals surface area (Å²) in [4.78, 5) is 40.8. The number of rotatable bonds is 5. The van der Waals surface area contributed by atoms with Crippen LogP contribution in [0.25, 0.3) is 0 Å². The topological polar surface area (TPSA) is 66.9 Å². The number of carbonyl (C=O) groups excluding carboxylic acids is 3. The lowest BCUT2D eigenvalue weighted by atomic mass is 10.1. The molecule has 1 saturated heterocycles. The van der Waals surface area contributed by atoms with Crippen LogP contribution in [0.3, 0.4) is 0 Å². The fourth-order valence-corrected chi connectivity index (χ4v) is 4.10. The number of fused-ring (bicyclic) bond motifs is 1. The Morgan fingerprint density at radius 3 is 2.62 bits per heavy atom. The van der Waals surface area contributed by atoms with Gasteiger partial charge in [-0.1, -0.05) is 48.5 Å². The van der Waals surface area contributed by atoms with Crippen LogP contribution < -0.4 is 4.90 Å². The quantitative estimate of drug-likeness (QED) is 0.734. The number of hydrogen-bond donors (Lipinski definition) is 0. The molecule has 6 heteroatoms. The molecule has 2 aliphatic heterocycles. The number of para-hydroxylation sites is 1. The molecule has 29 heavy (non-hydrogen) atoms. The van der Waals surface area contributed by atoms with Crippen molar-refractivity contribution in [2.75, 3.05) is 24.6 Å². The Morgan fingerprint density at radius 1 is 1.10 bits per heavy atom. The van der Waals surface area contributed by atoms with Crippen LogP contribution in [0.2, 0.25) is 0 Å². The maximum absolute atomic E-state index is 12.5. The smallest absolute Gasteiger partial charge is 0.311 e. The Balaban J connectivity index is 1.33. The number of nitrogens with zero attached hydrogens (tertiary/aromatic N) is 2. The summed E-state index contributed by atoms with van der Waals surface area (Å²) in [6.07, 6.45) is 0.927. The second-order valence-corrected chi connectivity index (χ2v) is 7.57. The highest BCUT2D eigenvalue weighted by molar-refractivity contribution is 5.97. The van der Waals surface area contributed by atoms with Crippen LogP contribution in [-0.2, 0) is 25.5 Å². The van der Waals surface area contributed by atoms with Crippen LogP contribution in [0.5, 0.6) is 0 Å². The molecular formula is C23H24N2O4. The summed E-state index contributed by atoms with van der Waals surface area (Å²) >= 11 is 0. The van der Waals surface area contributed by atoms with Crippen molar-refractivity contribution in [1.29, 1.82) is 0 Å². The van der Waals surface area contributed by atoms with Gasteiger partial charge in [-0.2, -0.15) is 0 Å². The summed E-state index contributed by atoms with van der Waals surface area (Å²) < 4.78 is 5.29. The monoisotopic (exact) mass is 392 g/mol. The summed E-state index contributed by atoms with van der Waals surface area (Å²) in [5.74, 6) is -1.32. The van der Waals surface area contributed by atoms with E-state index in [9.17, 15) is 14.4 Å². The molecule has 2 aliphatic rings. The number of benzene rings is 2. The van der Waals surface area contributed by atoms with Crippen molar-refractivity contribution in [2.45, 2.75) is 25.8 Å². The molecule has 2 amide bonds. The lowest BCUT2D eigenvalue weighted by Gasteiger charge is -2.25. The summed E-state index contributed by atoms with van der Waals surface area (Å²) in [7, 11) is 0. The van der Waals surface area contributed by atoms with E-state index < -0.39 is 11.9 Å². The van der Waals surface area contributed by atoms with Crippen LogP contribution in [-0.4, -0.2) is 42.4 Å². The second kappa shape index (κ2) is 8.07. The van der Waals surface area contributed by atoms with Crippen LogP contribution in [0.1, 0.15) is 30.5 Å². The van der Waals surface area contributed by atoms with E-state index in [0.717, 1.165) is 23.2 Å². The van der Waals surface area contributed by atoms with Crippen molar-refractivity contribution < 1.29 is 19.1 Å². The maximum Gasteiger partial charge on any atom is 0.311 e. The number of anilines is 1. The Hall–Kier alpha value is -3.15. The van der Waals surface area contributed by atoms with Gasteiger partial charge in [0.25, 0.3) is 5.91 Å². The Morgan fingerprint density at radius 2 is 1.83 bits per heavy atom. The van der Waals surface area contributed by atoms with Gasteiger partial charge in [0.05, 0.1) is 12.0 Å². The molecule has 0 radical (unpaired) electrons. The predicted octanol–water partition coefficient (Wildman–Crippen LogP) is 2.73. The zero-order valence-electron chi connectivity index (χ0n) is 16.4. The van der Waals surface area contributed by atoms with Crippen molar-refractivity contribution in [2.24, 2.45) is 5.92 Å². The van der Waals surface area contributed by atoms with Gasteiger partial charge in [0.1, 0.15) is 0 Å². The minimum Gasteiger partial charge on any atom is -0.455 e. The number of amides is 2. The first-order valence-electron chi connectivity index (χ1n) is 9.94. The highest BCUT2D eigenvalue weighted by atomic mass is 16.5. The minimum atomic E-state index is -0.535. The zero-order valence-corrected chi connectivity index (χ0v) is 16.4. The van der Waals surface area contributed by atoms with E-state index in [4.69, 9.17) is 4.74 Å². The molecule has 0 saturated carbocycles. The van der Waals surface area contributed by atoms with Gasteiger partial charge < -0.3 is 14.5 Å². The minimum absolute atomic E-state index is 0.0666.